The molecule has 0 spiro atoms. The number of nitrogens with zero attached hydrogens (tertiary/aromatic N) is 1. The molecule has 0 fully saturated rings. The molecule has 0 aliphatic heterocycles. The summed E-state index contributed by atoms with van der Waals surface area (Å²) in [6.45, 7) is 0. The second kappa shape index (κ2) is 5.20. The van der Waals surface area contributed by atoms with Gasteiger partial charge in [0, 0.05) is 11.1 Å². The molecule has 1 heterocycles. The third-order valence-electron chi connectivity index (χ3n) is 4.64. The van der Waals surface area contributed by atoms with Crippen LogP contribution in [0.5, 0.6) is 0 Å². The van der Waals surface area contributed by atoms with E-state index in [4.69, 9.17) is 4.42 Å². The number of hydrogen-bond donors (Lipinski definition) is 0. The summed E-state index contributed by atoms with van der Waals surface area (Å²) in [7, 11) is 0. The van der Waals surface area contributed by atoms with Crippen molar-refractivity contribution in [2.75, 3.05) is 0 Å². The summed E-state index contributed by atoms with van der Waals surface area (Å²) in [5, 5.41) is 0. The molecule has 3 aromatic carbocycles. The van der Waals surface area contributed by atoms with Gasteiger partial charge in [0.1, 0.15) is 0 Å². The molecule has 2 nitrogen and oxygen atoms in total. The maximum atomic E-state index is 6.07. The smallest absolute Gasteiger partial charge is 0.226 e. The molecule has 0 amide bonds. The van der Waals surface area contributed by atoms with Gasteiger partial charge in [-0.15, -0.1) is 0 Å². The average Bonchev–Trinajstić information content (AvgIpc) is 3.27. The van der Waals surface area contributed by atoms with Crippen molar-refractivity contribution in [1.82, 2.24) is 4.98 Å². The first-order valence-corrected chi connectivity index (χ1v) is 8.12. The van der Waals surface area contributed by atoms with Crippen molar-refractivity contribution in [2.45, 2.75) is 6.42 Å². The lowest BCUT2D eigenvalue weighted by molar-refractivity contribution is 0.588. The van der Waals surface area contributed by atoms with E-state index < -0.39 is 0 Å². The Kier molecular flexibility index (Phi) is 2.89. The molecule has 0 saturated heterocycles. The lowest BCUT2D eigenvalue weighted by Gasteiger charge is -2.05. The van der Waals surface area contributed by atoms with E-state index in [1.54, 1.807) is 0 Å². The van der Waals surface area contributed by atoms with Crippen LogP contribution in [0.4, 0.5) is 0 Å². The fourth-order valence-corrected chi connectivity index (χ4v) is 3.50. The van der Waals surface area contributed by atoms with Crippen molar-refractivity contribution >= 4 is 0 Å². The van der Waals surface area contributed by atoms with Crippen molar-refractivity contribution in [2.24, 2.45) is 0 Å². The van der Waals surface area contributed by atoms with Gasteiger partial charge in [0.05, 0.1) is 6.20 Å². The molecular formula is C22H15NO. The van der Waals surface area contributed by atoms with Gasteiger partial charge in [0.15, 0.2) is 5.76 Å². The minimum Gasteiger partial charge on any atom is -0.436 e. The molecule has 2 heteroatoms. The Morgan fingerprint density at radius 2 is 1.46 bits per heavy atom. The van der Waals surface area contributed by atoms with E-state index in [1.807, 2.05) is 36.5 Å². The Morgan fingerprint density at radius 1 is 0.708 bits per heavy atom. The summed E-state index contributed by atoms with van der Waals surface area (Å²) in [4.78, 5) is 4.47. The molecule has 1 aromatic heterocycles. The molecule has 4 aromatic rings. The zero-order valence-electron chi connectivity index (χ0n) is 13.1. The van der Waals surface area contributed by atoms with E-state index >= 15 is 0 Å². The lowest BCUT2D eigenvalue weighted by atomic mass is 10.00. The van der Waals surface area contributed by atoms with Crippen LogP contribution < -0.4 is 0 Å². The summed E-state index contributed by atoms with van der Waals surface area (Å²) in [6.07, 6.45) is 2.78. The largest absolute Gasteiger partial charge is 0.436 e. The van der Waals surface area contributed by atoms with Crippen molar-refractivity contribution in [3.8, 4) is 33.9 Å². The minimum atomic E-state index is 0.665. The van der Waals surface area contributed by atoms with Crippen LogP contribution in [0.2, 0.25) is 0 Å². The van der Waals surface area contributed by atoms with Crippen molar-refractivity contribution < 1.29 is 4.42 Å². The van der Waals surface area contributed by atoms with Gasteiger partial charge in [-0.25, -0.2) is 4.98 Å². The zero-order valence-corrected chi connectivity index (χ0v) is 13.1. The molecule has 1 aliphatic carbocycles. The van der Waals surface area contributed by atoms with Gasteiger partial charge in [0.2, 0.25) is 5.89 Å². The molecule has 1 aliphatic rings. The van der Waals surface area contributed by atoms with E-state index in [9.17, 15) is 0 Å². The van der Waals surface area contributed by atoms with Crippen LogP contribution in [0, 0.1) is 0 Å². The number of fused-ring (bicyclic) bond motifs is 3. The fraction of sp³-hybridized carbons (Fsp3) is 0.0455. The van der Waals surface area contributed by atoms with Gasteiger partial charge < -0.3 is 4.42 Å². The molecule has 5 rings (SSSR count). The maximum Gasteiger partial charge on any atom is 0.226 e. The number of rotatable bonds is 2. The summed E-state index contributed by atoms with van der Waals surface area (Å²) in [6, 6.07) is 25.0. The molecule has 0 N–H and O–H groups in total. The molecule has 0 unspecified atom stereocenters. The van der Waals surface area contributed by atoms with Crippen molar-refractivity contribution in [3.05, 3.63) is 90.1 Å². The fourth-order valence-electron chi connectivity index (χ4n) is 3.50. The predicted octanol–water partition coefficient (Wildman–Crippen LogP) is 5.58. The van der Waals surface area contributed by atoms with Gasteiger partial charge >= 0.3 is 0 Å². The van der Waals surface area contributed by atoms with Gasteiger partial charge in [-0.1, -0.05) is 60.7 Å². The Bertz CT molecular complexity index is 1030. The third-order valence-corrected chi connectivity index (χ3v) is 4.64. The van der Waals surface area contributed by atoms with Crippen molar-refractivity contribution in [1.29, 1.82) is 0 Å². The van der Waals surface area contributed by atoms with Crippen LogP contribution in [0.15, 0.2) is 83.4 Å². The van der Waals surface area contributed by atoms with Crippen LogP contribution in [0.1, 0.15) is 11.1 Å². The topological polar surface area (TPSA) is 26.0 Å². The highest BCUT2D eigenvalue weighted by Crippen LogP contribution is 2.41. The second-order valence-electron chi connectivity index (χ2n) is 6.06. The molecule has 0 bridgehead atoms. The Labute approximate surface area is 140 Å². The number of aromatic nitrogens is 1. The average molecular weight is 309 g/mol. The predicted molar refractivity (Wildman–Crippen MR) is 95.6 cm³/mol. The molecule has 114 valence electrons. The lowest BCUT2D eigenvalue weighted by Crippen LogP contribution is -1.86. The summed E-state index contributed by atoms with van der Waals surface area (Å²) in [5.41, 5.74) is 7.48. The van der Waals surface area contributed by atoms with Crippen LogP contribution >= 0.6 is 0 Å². The second-order valence-corrected chi connectivity index (χ2v) is 6.06. The van der Waals surface area contributed by atoms with Gasteiger partial charge in [-0.3, -0.25) is 0 Å². The van der Waals surface area contributed by atoms with E-state index in [2.05, 4.69) is 47.4 Å². The van der Waals surface area contributed by atoms with Crippen LogP contribution in [0.3, 0.4) is 0 Å². The van der Waals surface area contributed by atoms with Gasteiger partial charge in [-0.05, 0) is 40.8 Å². The minimum absolute atomic E-state index is 0.665. The number of benzene rings is 3. The quantitative estimate of drug-likeness (QED) is 0.425. The Balaban J connectivity index is 1.62. The first-order chi connectivity index (χ1) is 11.9. The van der Waals surface area contributed by atoms with E-state index in [-0.39, 0.29) is 0 Å². The van der Waals surface area contributed by atoms with Crippen LogP contribution in [-0.2, 0) is 6.42 Å². The first kappa shape index (κ1) is 13.3. The van der Waals surface area contributed by atoms with Gasteiger partial charge in [-0.2, -0.15) is 0 Å². The monoisotopic (exact) mass is 309 g/mol. The highest BCUT2D eigenvalue weighted by atomic mass is 16.4. The summed E-state index contributed by atoms with van der Waals surface area (Å²) in [5.74, 6) is 1.50. The van der Waals surface area contributed by atoms with Crippen LogP contribution in [-0.4, -0.2) is 4.98 Å². The number of oxazole rings is 1. The summed E-state index contributed by atoms with van der Waals surface area (Å²) >= 11 is 0. The standard InChI is InChI=1S/C22H15NO/c1-2-7-15(8-3-1)22-23-14-21(24-22)19-12-6-11-18-17-10-5-4-9-16(17)13-20(18)19/h1-12,14H,13H2. The Hall–Kier alpha value is -3.13. The molecular weight excluding hydrogens is 294 g/mol. The maximum absolute atomic E-state index is 6.07. The third kappa shape index (κ3) is 2.00. The highest BCUT2D eigenvalue weighted by Gasteiger charge is 2.22. The SMILES string of the molecule is c1ccc(-c2ncc(-c3cccc4c3Cc3ccccc3-4)o2)cc1. The normalized spacial score (nSPS) is 12.0. The summed E-state index contributed by atoms with van der Waals surface area (Å²) < 4.78 is 6.07. The van der Waals surface area contributed by atoms with Crippen LogP contribution in [0.25, 0.3) is 33.9 Å². The molecule has 0 saturated carbocycles. The Morgan fingerprint density at radius 3 is 2.38 bits per heavy atom. The zero-order chi connectivity index (χ0) is 15.9. The highest BCUT2D eigenvalue weighted by molar-refractivity contribution is 5.83. The van der Waals surface area contributed by atoms with E-state index in [1.165, 1.54) is 22.3 Å². The van der Waals surface area contributed by atoms with E-state index in [0.29, 0.717) is 5.89 Å². The molecule has 0 atom stereocenters. The van der Waals surface area contributed by atoms with E-state index in [0.717, 1.165) is 23.3 Å². The van der Waals surface area contributed by atoms with Crippen molar-refractivity contribution in [3.63, 3.8) is 0 Å². The number of hydrogen-bond acceptors (Lipinski definition) is 2. The molecule has 0 radical (unpaired) electrons. The first-order valence-electron chi connectivity index (χ1n) is 8.12. The molecule has 24 heavy (non-hydrogen) atoms. The van der Waals surface area contributed by atoms with Gasteiger partial charge in [0.25, 0.3) is 0 Å².